The lowest BCUT2D eigenvalue weighted by Crippen LogP contribution is -2.45. The fourth-order valence-corrected chi connectivity index (χ4v) is 1.40. The fourth-order valence-electron chi connectivity index (χ4n) is 1.40. The number of carbonyl (C=O) groups excluding carboxylic acids is 1. The van der Waals surface area contributed by atoms with E-state index in [4.69, 9.17) is 9.84 Å². The highest BCUT2D eigenvalue weighted by Crippen LogP contribution is 1.99. The Kier molecular flexibility index (Phi) is 8.13. The van der Waals surface area contributed by atoms with Gasteiger partial charge in [-0.05, 0) is 6.42 Å². The van der Waals surface area contributed by atoms with Crippen LogP contribution in [0.5, 0.6) is 0 Å². The van der Waals surface area contributed by atoms with Gasteiger partial charge in [-0.1, -0.05) is 13.3 Å². The molecule has 0 aliphatic rings. The second kappa shape index (κ2) is 8.81. The molecular weight excluding hydrogens is 224 g/mol. The van der Waals surface area contributed by atoms with Gasteiger partial charge in [-0.25, -0.2) is 4.79 Å². The van der Waals surface area contributed by atoms with E-state index in [0.29, 0.717) is 6.61 Å². The van der Waals surface area contributed by atoms with E-state index in [1.54, 1.807) is 14.2 Å². The number of nitrogens with one attached hydrogen (secondary N) is 1. The Labute approximate surface area is 102 Å². The molecule has 1 unspecified atom stereocenters. The fraction of sp³-hybridized carbons (Fsp3) is 0.818. The summed E-state index contributed by atoms with van der Waals surface area (Å²) in [6, 6.07) is -0.286. The van der Waals surface area contributed by atoms with Crippen LogP contribution in [0.1, 0.15) is 26.2 Å². The first-order chi connectivity index (χ1) is 8.01. The summed E-state index contributed by atoms with van der Waals surface area (Å²) in [7, 11) is 3.16. The molecule has 0 saturated carbocycles. The lowest BCUT2D eigenvalue weighted by molar-refractivity contribution is -0.137. The third-order valence-electron chi connectivity index (χ3n) is 2.34. The maximum Gasteiger partial charge on any atom is 0.317 e. The third-order valence-corrected chi connectivity index (χ3v) is 2.34. The summed E-state index contributed by atoms with van der Waals surface area (Å²) in [5.74, 6) is -0.911. The van der Waals surface area contributed by atoms with Crippen LogP contribution in [0.3, 0.4) is 0 Å². The van der Waals surface area contributed by atoms with Crippen LogP contribution < -0.4 is 5.32 Å². The number of carbonyl (C=O) groups is 2. The quantitative estimate of drug-likeness (QED) is 0.667. The molecule has 0 radical (unpaired) electrons. The molecule has 100 valence electrons. The molecule has 0 aromatic rings. The van der Waals surface area contributed by atoms with Crippen molar-refractivity contribution in [1.29, 1.82) is 0 Å². The average molecular weight is 246 g/mol. The van der Waals surface area contributed by atoms with Gasteiger partial charge in [-0.3, -0.25) is 4.79 Å². The van der Waals surface area contributed by atoms with Crippen LogP contribution >= 0.6 is 0 Å². The van der Waals surface area contributed by atoms with Crippen LogP contribution in [0.2, 0.25) is 0 Å². The van der Waals surface area contributed by atoms with Gasteiger partial charge in [0, 0.05) is 20.7 Å². The number of carboxylic acid groups (broad SMARTS) is 1. The molecule has 2 amide bonds. The molecule has 0 rings (SSSR count). The van der Waals surface area contributed by atoms with Crippen LogP contribution in [0.15, 0.2) is 0 Å². The first kappa shape index (κ1) is 15.7. The van der Waals surface area contributed by atoms with Crippen molar-refractivity contribution >= 4 is 12.0 Å². The van der Waals surface area contributed by atoms with Gasteiger partial charge < -0.3 is 20.1 Å². The molecule has 1 atom stereocenters. The van der Waals surface area contributed by atoms with E-state index in [2.05, 4.69) is 5.32 Å². The first-order valence-electron chi connectivity index (χ1n) is 5.73. The number of ether oxygens (including phenoxy) is 1. The lowest BCUT2D eigenvalue weighted by Gasteiger charge is -2.22. The molecule has 0 aliphatic carbocycles. The number of hydrogen-bond donors (Lipinski definition) is 2. The van der Waals surface area contributed by atoms with Crippen molar-refractivity contribution in [3.63, 3.8) is 0 Å². The third kappa shape index (κ3) is 7.57. The van der Waals surface area contributed by atoms with Gasteiger partial charge in [0.1, 0.15) is 0 Å². The highest BCUT2D eigenvalue weighted by molar-refractivity contribution is 5.75. The van der Waals surface area contributed by atoms with E-state index in [0.717, 1.165) is 12.8 Å². The Morgan fingerprint density at radius 2 is 2.12 bits per heavy atom. The molecule has 2 N–H and O–H groups in total. The van der Waals surface area contributed by atoms with Crippen molar-refractivity contribution in [3.05, 3.63) is 0 Å². The zero-order chi connectivity index (χ0) is 13.3. The summed E-state index contributed by atoms with van der Waals surface area (Å²) < 4.78 is 5.01. The Hall–Kier alpha value is -1.30. The van der Waals surface area contributed by atoms with Crippen molar-refractivity contribution in [2.24, 2.45) is 0 Å². The summed E-state index contributed by atoms with van der Waals surface area (Å²) in [4.78, 5) is 23.4. The van der Waals surface area contributed by atoms with Crippen molar-refractivity contribution in [2.45, 2.75) is 32.2 Å². The van der Waals surface area contributed by atoms with Gasteiger partial charge in [0.05, 0.1) is 19.1 Å². The van der Waals surface area contributed by atoms with Gasteiger partial charge in [-0.2, -0.15) is 0 Å². The normalized spacial score (nSPS) is 11.9. The van der Waals surface area contributed by atoms with Crippen molar-refractivity contribution in [3.8, 4) is 0 Å². The number of hydrogen-bond acceptors (Lipinski definition) is 3. The van der Waals surface area contributed by atoms with Crippen LogP contribution in [0.25, 0.3) is 0 Å². The maximum absolute atomic E-state index is 11.7. The summed E-state index contributed by atoms with van der Waals surface area (Å²) in [6.45, 7) is 2.70. The Morgan fingerprint density at radius 1 is 1.47 bits per heavy atom. The lowest BCUT2D eigenvalue weighted by atomic mass is 10.2. The minimum absolute atomic E-state index is 0.0234. The molecule has 0 aromatic heterocycles. The topological polar surface area (TPSA) is 78.9 Å². The van der Waals surface area contributed by atoms with E-state index < -0.39 is 5.97 Å². The average Bonchev–Trinajstić information content (AvgIpc) is 2.26. The molecule has 0 spiro atoms. The second-order valence-corrected chi connectivity index (χ2v) is 3.96. The number of carboxylic acids is 1. The molecular formula is C11H22N2O4. The summed E-state index contributed by atoms with van der Waals surface area (Å²) in [5.41, 5.74) is 0. The number of amides is 2. The zero-order valence-electron chi connectivity index (χ0n) is 10.7. The molecule has 0 bridgehead atoms. The monoisotopic (exact) mass is 246 g/mol. The van der Waals surface area contributed by atoms with Gasteiger partial charge in [-0.15, -0.1) is 0 Å². The maximum atomic E-state index is 11.7. The molecule has 0 aromatic carbocycles. The molecule has 6 heteroatoms. The SMILES string of the molecule is CCCC(COC)NC(=O)N(C)CCC(=O)O. The van der Waals surface area contributed by atoms with Crippen molar-refractivity contribution in [2.75, 3.05) is 27.3 Å². The first-order valence-corrected chi connectivity index (χ1v) is 5.73. The smallest absolute Gasteiger partial charge is 0.317 e. The van der Waals surface area contributed by atoms with E-state index in [-0.39, 0.29) is 25.0 Å². The highest BCUT2D eigenvalue weighted by Gasteiger charge is 2.15. The molecule has 6 nitrogen and oxygen atoms in total. The summed E-state index contributed by atoms with van der Waals surface area (Å²) in [6.07, 6.45) is 1.74. The van der Waals surface area contributed by atoms with Gasteiger partial charge in [0.15, 0.2) is 0 Å². The number of methoxy groups -OCH3 is 1. The predicted molar refractivity (Wildman–Crippen MR) is 64.0 cm³/mol. The summed E-state index contributed by atoms with van der Waals surface area (Å²) in [5, 5.41) is 11.3. The minimum atomic E-state index is -0.911. The highest BCUT2D eigenvalue weighted by atomic mass is 16.5. The van der Waals surface area contributed by atoms with E-state index in [1.165, 1.54) is 4.90 Å². The second-order valence-electron chi connectivity index (χ2n) is 3.96. The van der Waals surface area contributed by atoms with Crippen LogP contribution in [-0.2, 0) is 9.53 Å². The Bertz CT molecular complexity index is 240. The molecule has 0 heterocycles. The van der Waals surface area contributed by atoms with Gasteiger partial charge >= 0.3 is 12.0 Å². The van der Waals surface area contributed by atoms with Gasteiger partial charge in [0.25, 0.3) is 0 Å². The molecule has 17 heavy (non-hydrogen) atoms. The number of rotatable bonds is 8. The summed E-state index contributed by atoms with van der Waals surface area (Å²) >= 11 is 0. The standard InChI is InChI=1S/C11H22N2O4/c1-4-5-9(8-17-3)12-11(16)13(2)7-6-10(14)15/h9H,4-8H2,1-3H3,(H,12,16)(H,14,15). The predicted octanol–water partition coefficient (Wildman–Crippen LogP) is 0.918. The largest absolute Gasteiger partial charge is 0.481 e. The Morgan fingerprint density at radius 3 is 2.59 bits per heavy atom. The minimum Gasteiger partial charge on any atom is -0.481 e. The number of nitrogens with zero attached hydrogens (tertiary/aromatic N) is 1. The van der Waals surface area contributed by atoms with E-state index in [9.17, 15) is 9.59 Å². The van der Waals surface area contributed by atoms with E-state index >= 15 is 0 Å². The van der Waals surface area contributed by atoms with Crippen LogP contribution in [-0.4, -0.2) is 55.4 Å². The molecule has 0 fully saturated rings. The Balaban J connectivity index is 4.05. The van der Waals surface area contributed by atoms with Crippen molar-refractivity contribution < 1.29 is 19.4 Å². The number of aliphatic carboxylic acids is 1. The van der Waals surface area contributed by atoms with Crippen LogP contribution in [0.4, 0.5) is 4.79 Å². The molecule has 0 saturated heterocycles. The molecule has 0 aliphatic heterocycles. The van der Waals surface area contributed by atoms with Crippen LogP contribution in [0, 0.1) is 0 Å². The zero-order valence-corrected chi connectivity index (χ0v) is 10.7. The van der Waals surface area contributed by atoms with Gasteiger partial charge in [0.2, 0.25) is 0 Å². The van der Waals surface area contributed by atoms with E-state index in [1.807, 2.05) is 6.92 Å². The van der Waals surface area contributed by atoms with Crippen molar-refractivity contribution in [1.82, 2.24) is 10.2 Å². The number of urea groups is 1.